The van der Waals surface area contributed by atoms with Gasteiger partial charge in [0.2, 0.25) is 0 Å². The molecule has 1 rings (SSSR count). The van der Waals surface area contributed by atoms with Crippen LogP contribution in [0.5, 0.6) is 0 Å². The summed E-state index contributed by atoms with van der Waals surface area (Å²) in [4.78, 5) is 17.2. The molecule has 0 fully saturated rings. The smallest absolute Gasteiger partial charge is 0.321 e. The summed E-state index contributed by atoms with van der Waals surface area (Å²) in [5.41, 5.74) is 0. The molecule has 1 aromatic rings. The topological polar surface area (TPSA) is 57.5 Å². The Labute approximate surface area is 80.1 Å². The third-order valence-electron chi connectivity index (χ3n) is 1.09. The largest absolute Gasteiger partial charge is 0.356 e. The monoisotopic (exact) mass is 265 g/mol. The van der Waals surface area contributed by atoms with Crippen molar-refractivity contribution < 1.29 is 36.7 Å². The first-order valence-electron chi connectivity index (χ1n) is 2.72. The van der Waals surface area contributed by atoms with Gasteiger partial charge in [-0.3, -0.25) is 4.57 Å². The van der Waals surface area contributed by atoms with Crippen molar-refractivity contribution in [1.82, 2.24) is 0 Å². The molecule has 0 aliphatic heterocycles. The fourth-order valence-corrected chi connectivity index (χ4v) is 1.18. The predicted molar refractivity (Wildman–Crippen MR) is 38.1 cm³/mol. The summed E-state index contributed by atoms with van der Waals surface area (Å²) in [5.74, 6) is 0. The summed E-state index contributed by atoms with van der Waals surface area (Å²) < 4.78 is 10.5. The fraction of sp³-hybridized carbons (Fsp3) is 0. The maximum atomic E-state index is 10.5. The van der Waals surface area contributed by atoms with Gasteiger partial charge in [-0.05, 0) is 12.1 Å². The van der Waals surface area contributed by atoms with Crippen molar-refractivity contribution in [2.75, 3.05) is 0 Å². The molecule has 0 unspecified atom stereocenters. The first kappa shape index (κ1) is 11.1. The van der Waals surface area contributed by atoms with Crippen molar-refractivity contribution in [2.24, 2.45) is 0 Å². The number of hydrogen-bond donors (Lipinski definition) is 2. The molecule has 3 nitrogen and oxygen atoms in total. The SMILES string of the molecule is O=P(O)(O)c1ccccc1.[Ag]. The molecule has 2 N–H and O–H groups in total. The molecule has 0 heterocycles. The van der Waals surface area contributed by atoms with Gasteiger partial charge < -0.3 is 9.79 Å². The zero-order valence-electron chi connectivity index (χ0n) is 5.44. The van der Waals surface area contributed by atoms with E-state index < -0.39 is 7.60 Å². The zero-order valence-corrected chi connectivity index (χ0v) is 7.81. The van der Waals surface area contributed by atoms with Gasteiger partial charge in [-0.1, -0.05) is 18.2 Å². The second-order valence-corrected chi connectivity index (χ2v) is 3.48. The normalized spacial score (nSPS) is 10.4. The third kappa shape index (κ3) is 3.34. The van der Waals surface area contributed by atoms with Crippen molar-refractivity contribution in [3.05, 3.63) is 30.3 Å². The van der Waals surface area contributed by atoms with Gasteiger partial charge >= 0.3 is 7.60 Å². The molecule has 5 heteroatoms. The Morgan fingerprint density at radius 3 is 1.82 bits per heavy atom. The quantitative estimate of drug-likeness (QED) is 0.574. The summed E-state index contributed by atoms with van der Waals surface area (Å²) >= 11 is 0. The summed E-state index contributed by atoms with van der Waals surface area (Å²) in [6.07, 6.45) is 0. The van der Waals surface area contributed by atoms with Gasteiger partial charge in [0, 0.05) is 22.4 Å². The van der Waals surface area contributed by atoms with Crippen LogP contribution in [0.2, 0.25) is 0 Å². The molecular formula is C6H7AgO3P. The van der Waals surface area contributed by atoms with Crippen LogP contribution in [0.15, 0.2) is 30.3 Å². The molecule has 1 radical (unpaired) electrons. The Kier molecular flexibility index (Phi) is 4.26. The number of hydrogen-bond acceptors (Lipinski definition) is 1. The van der Waals surface area contributed by atoms with Crippen LogP contribution in [0, 0.1) is 0 Å². The van der Waals surface area contributed by atoms with E-state index in [9.17, 15) is 4.57 Å². The first-order chi connectivity index (χ1) is 4.61. The fourth-order valence-electron chi connectivity index (χ4n) is 0.622. The minimum Gasteiger partial charge on any atom is -0.321 e. The molecule has 65 valence electrons. The molecule has 0 saturated heterocycles. The van der Waals surface area contributed by atoms with E-state index in [0.29, 0.717) is 0 Å². The van der Waals surface area contributed by atoms with E-state index in [2.05, 4.69) is 0 Å². The van der Waals surface area contributed by atoms with Crippen molar-refractivity contribution in [2.45, 2.75) is 0 Å². The maximum absolute atomic E-state index is 10.5. The van der Waals surface area contributed by atoms with Gasteiger partial charge in [0.1, 0.15) is 0 Å². The van der Waals surface area contributed by atoms with Crippen LogP contribution in [-0.2, 0) is 26.9 Å². The van der Waals surface area contributed by atoms with E-state index in [0.717, 1.165) is 0 Å². The molecule has 11 heavy (non-hydrogen) atoms. The second-order valence-electron chi connectivity index (χ2n) is 1.88. The van der Waals surface area contributed by atoms with Crippen molar-refractivity contribution >= 4 is 12.9 Å². The Morgan fingerprint density at radius 2 is 1.55 bits per heavy atom. The molecular weight excluding hydrogens is 259 g/mol. The second kappa shape index (κ2) is 4.21. The van der Waals surface area contributed by atoms with Gasteiger partial charge in [0.25, 0.3) is 0 Å². The van der Waals surface area contributed by atoms with Gasteiger partial charge in [-0.2, -0.15) is 0 Å². The molecule has 0 bridgehead atoms. The zero-order chi connectivity index (χ0) is 7.61. The van der Waals surface area contributed by atoms with Gasteiger partial charge in [0.15, 0.2) is 0 Å². The van der Waals surface area contributed by atoms with Crippen LogP contribution < -0.4 is 5.30 Å². The molecule has 0 aromatic heterocycles. The molecule has 0 aliphatic carbocycles. The first-order valence-corrected chi connectivity index (χ1v) is 4.33. The average molecular weight is 266 g/mol. The van der Waals surface area contributed by atoms with E-state index in [1.165, 1.54) is 12.1 Å². The Morgan fingerprint density at radius 1 is 1.09 bits per heavy atom. The summed E-state index contributed by atoms with van der Waals surface area (Å²) in [7, 11) is -4.02. The number of benzene rings is 1. The van der Waals surface area contributed by atoms with Crippen LogP contribution in [0.3, 0.4) is 0 Å². The van der Waals surface area contributed by atoms with E-state index in [1.54, 1.807) is 18.2 Å². The Hall–Kier alpha value is 0.110. The maximum Gasteiger partial charge on any atom is 0.356 e. The van der Waals surface area contributed by atoms with Gasteiger partial charge in [-0.15, -0.1) is 0 Å². The molecule has 0 atom stereocenters. The third-order valence-corrected chi connectivity index (χ3v) is 2.06. The van der Waals surface area contributed by atoms with Gasteiger partial charge in [0.05, 0.1) is 5.30 Å². The van der Waals surface area contributed by atoms with Crippen LogP contribution in [0.25, 0.3) is 0 Å². The molecule has 0 spiro atoms. The van der Waals surface area contributed by atoms with Crippen molar-refractivity contribution in [3.63, 3.8) is 0 Å². The molecule has 0 amide bonds. The van der Waals surface area contributed by atoms with Crippen molar-refractivity contribution in [1.29, 1.82) is 0 Å². The van der Waals surface area contributed by atoms with Crippen LogP contribution in [0.4, 0.5) is 0 Å². The van der Waals surface area contributed by atoms with E-state index in [4.69, 9.17) is 9.79 Å². The minimum absolute atomic E-state index is 0. The number of rotatable bonds is 1. The average Bonchev–Trinajstić information content (AvgIpc) is 1.88. The van der Waals surface area contributed by atoms with Gasteiger partial charge in [-0.25, -0.2) is 0 Å². The van der Waals surface area contributed by atoms with Crippen LogP contribution >= 0.6 is 7.60 Å². The van der Waals surface area contributed by atoms with Crippen molar-refractivity contribution in [3.8, 4) is 0 Å². The van der Waals surface area contributed by atoms with Crippen LogP contribution in [-0.4, -0.2) is 9.79 Å². The Balaban J connectivity index is 0.000001000. The van der Waals surface area contributed by atoms with Crippen LogP contribution in [0.1, 0.15) is 0 Å². The molecule has 0 saturated carbocycles. The minimum atomic E-state index is -4.02. The standard InChI is InChI=1S/C6H7O3P.Ag/c7-10(8,9)6-4-2-1-3-5-6;/h1-5H,(H2,7,8,9);. The summed E-state index contributed by atoms with van der Waals surface area (Å²) in [6.45, 7) is 0. The predicted octanol–water partition coefficient (Wildman–Crippen LogP) is 0.487. The summed E-state index contributed by atoms with van der Waals surface area (Å²) in [5, 5.41) is 0.0648. The van der Waals surface area contributed by atoms with E-state index >= 15 is 0 Å². The van der Waals surface area contributed by atoms with E-state index in [-0.39, 0.29) is 27.7 Å². The Bertz CT molecular complexity index is 256. The molecule has 0 aliphatic rings. The molecule has 1 aromatic carbocycles. The van der Waals surface area contributed by atoms with E-state index in [1.807, 2.05) is 0 Å². The summed E-state index contributed by atoms with van der Waals surface area (Å²) in [6, 6.07) is 7.70.